The highest BCUT2D eigenvalue weighted by Crippen LogP contribution is 2.26. The molecule has 0 aliphatic carbocycles. The van der Waals surface area contributed by atoms with Crippen molar-refractivity contribution in [2.24, 2.45) is 5.92 Å². The zero-order chi connectivity index (χ0) is 14.0. The molecule has 1 N–H and O–H groups in total. The highest BCUT2D eigenvalue weighted by atomic mass is 19.1. The van der Waals surface area contributed by atoms with Crippen LogP contribution >= 0.6 is 0 Å². The van der Waals surface area contributed by atoms with Crippen LogP contribution in [0.2, 0.25) is 0 Å². The Morgan fingerprint density at radius 3 is 2.89 bits per heavy atom. The molecule has 1 saturated heterocycles. The highest BCUT2D eigenvalue weighted by Gasteiger charge is 2.38. The van der Waals surface area contributed by atoms with E-state index in [9.17, 15) is 9.18 Å². The van der Waals surface area contributed by atoms with Gasteiger partial charge in [-0.2, -0.15) is 0 Å². The quantitative estimate of drug-likeness (QED) is 0.892. The number of halogens is 1. The average molecular weight is 268 g/mol. The Kier molecular flexibility index (Phi) is 4.11. The van der Waals surface area contributed by atoms with Gasteiger partial charge < -0.3 is 9.84 Å². The minimum absolute atomic E-state index is 0.103. The maximum absolute atomic E-state index is 12.8. The first-order chi connectivity index (χ1) is 9.00. The molecular weight excluding hydrogens is 251 g/mol. The van der Waals surface area contributed by atoms with Crippen LogP contribution in [-0.4, -0.2) is 47.3 Å². The summed E-state index contributed by atoms with van der Waals surface area (Å²) in [6.07, 6.45) is 1.17. The van der Waals surface area contributed by atoms with Crippen LogP contribution in [0.4, 0.5) is 4.39 Å². The number of aliphatic carboxylic acids is 1. The van der Waals surface area contributed by atoms with Crippen molar-refractivity contribution >= 4 is 5.97 Å². The van der Waals surface area contributed by atoms with Crippen molar-refractivity contribution in [3.05, 3.63) is 29.8 Å². The molecule has 3 atom stereocenters. The Morgan fingerprint density at radius 2 is 2.32 bits per heavy atom. The van der Waals surface area contributed by atoms with Crippen molar-refractivity contribution in [3.8, 4) is 0 Å². The normalized spacial score (nSPS) is 24.6. The van der Waals surface area contributed by atoms with Gasteiger partial charge in [-0.1, -0.05) is 0 Å². The van der Waals surface area contributed by atoms with E-state index in [2.05, 4.69) is 4.98 Å². The second-order valence-electron chi connectivity index (χ2n) is 4.79. The third-order valence-electron chi connectivity index (χ3n) is 3.68. The Morgan fingerprint density at radius 1 is 1.58 bits per heavy atom. The number of hydrogen-bond acceptors (Lipinski definition) is 4. The molecular formula is C13H17FN2O3. The van der Waals surface area contributed by atoms with Gasteiger partial charge in [-0.25, -0.2) is 4.39 Å². The van der Waals surface area contributed by atoms with E-state index in [1.807, 2.05) is 18.9 Å². The fourth-order valence-electron chi connectivity index (χ4n) is 2.31. The number of aromatic nitrogens is 1. The topological polar surface area (TPSA) is 62.7 Å². The van der Waals surface area contributed by atoms with E-state index in [-0.39, 0.29) is 24.5 Å². The van der Waals surface area contributed by atoms with Crippen LogP contribution in [-0.2, 0) is 9.53 Å². The minimum atomic E-state index is -0.853. The largest absolute Gasteiger partial charge is 0.481 e. The Balaban J connectivity index is 2.12. The lowest BCUT2D eigenvalue weighted by Gasteiger charge is -2.31. The molecule has 0 bridgehead atoms. The number of carbonyl (C=O) groups is 1. The summed E-state index contributed by atoms with van der Waals surface area (Å²) in [5.41, 5.74) is 0.708. The Bertz CT molecular complexity index is 452. The lowest BCUT2D eigenvalue weighted by Crippen LogP contribution is -2.42. The van der Waals surface area contributed by atoms with E-state index < -0.39 is 11.9 Å². The van der Waals surface area contributed by atoms with Gasteiger partial charge in [0, 0.05) is 12.1 Å². The van der Waals surface area contributed by atoms with Crippen molar-refractivity contribution in [2.75, 3.05) is 20.3 Å². The zero-order valence-corrected chi connectivity index (χ0v) is 10.9. The first-order valence-electron chi connectivity index (χ1n) is 6.14. The molecule has 1 aromatic heterocycles. The molecule has 0 radical (unpaired) electrons. The van der Waals surface area contributed by atoms with Crippen molar-refractivity contribution < 1.29 is 19.0 Å². The van der Waals surface area contributed by atoms with Gasteiger partial charge in [-0.15, -0.1) is 0 Å². The first kappa shape index (κ1) is 13.9. The molecule has 104 valence electrons. The number of nitrogens with zero attached hydrogens (tertiary/aromatic N) is 2. The average Bonchev–Trinajstić information content (AvgIpc) is 2.87. The summed E-state index contributed by atoms with van der Waals surface area (Å²) >= 11 is 0. The number of carboxylic acids is 1. The van der Waals surface area contributed by atoms with Crippen molar-refractivity contribution in [3.63, 3.8) is 0 Å². The molecule has 1 aliphatic heterocycles. The lowest BCUT2D eigenvalue weighted by molar-refractivity contribution is -0.143. The van der Waals surface area contributed by atoms with Gasteiger partial charge in [0.05, 0.1) is 31.0 Å². The van der Waals surface area contributed by atoms with Crippen LogP contribution in [0.1, 0.15) is 18.7 Å². The van der Waals surface area contributed by atoms with Gasteiger partial charge in [0.2, 0.25) is 0 Å². The summed E-state index contributed by atoms with van der Waals surface area (Å²) in [5, 5.41) is 9.15. The number of pyridine rings is 1. The molecule has 3 unspecified atom stereocenters. The zero-order valence-electron chi connectivity index (χ0n) is 10.9. The number of carboxylic acid groups (broad SMARTS) is 1. The van der Waals surface area contributed by atoms with Crippen LogP contribution in [0.25, 0.3) is 0 Å². The van der Waals surface area contributed by atoms with Crippen LogP contribution in [0, 0.1) is 11.7 Å². The molecule has 1 aliphatic rings. The molecule has 1 aromatic rings. The van der Waals surface area contributed by atoms with Crippen LogP contribution < -0.4 is 0 Å². The molecule has 2 heterocycles. The van der Waals surface area contributed by atoms with Gasteiger partial charge in [-0.3, -0.25) is 14.7 Å². The molecule has 2 rings (SSSR count). The second kappa shape index (κ2) is 5.63. The first-order valence-corrected chi connectivity index (χ1v) is 6.14. The highest BCUT2D eigenvalue weighted by molar-refractivity contribution is 5.71. The lowest BCUT2D eigenvalue weighted by atomic mass is 10.0. The summed E-state index contributed by atoms with van der Waals surface area (Å²) in [7, 11) is 1.84. The third-order valence-corrected chi connectivity index (χ3v) is 3.68. The van der Waals surface area contributed by atoms with Gasteiger partial charge in [0.1, 0.15) is 5.82 Å². The monoisotopic (exact) mass is 268 g/mol. The van der Waals surface area contributed by atoms with Crippen molar-refractivity contribution in [1.82, 2.24) is 9.88 Å². The number of hydrogen-bond donors (Lipinski definition) is 1. The minimum Gasteiger partial charge on any atom is -0.481 e. The standard InChI is InChI=1S/C13H17FN2O3/c1-8(11-4-3-9(14)5-15-11)16(2)12-7-19-6-10(12)13(17)18/h3-5,8,10,12H,6-7H2,1-2H3,(H,17,18). The number of likely N-dealkylation sites (N-methyl/N-ethyl adjacent to an activating group) is 1. The molecule has 6 heteroatoms. The van der Waals surface area contributed by atoms with E-state index >= 15 is 0 Å². The summed E-state index contributed by atoms with van der Waals surface area (Å²) in [4.78, 5) is 17.1. The maximum Gasteiger partial charge on any atom is 0.310 e. The Hall–Kier alpha value is -1.53. The molecule has 0 saturated carbocycles. The molecule has 19 heavy (non-hydrogen) atoms. The van der Waals surface area contributed by atoms with Gasteiger partial charge in [0.25, 0.3) is 0 Å². The van der Waals surface area contributed by atoms with Gasteiger partial charge >= 0.3 is 5.97 Å². The van der Waals surface area contributed by atoms with Crippen molar-refractivity contribution in [1.29, 1.82) is 0 Å². The number of ether oxygens (including phenoxy) is 1. The molecule has 0 aromatic carbocycles. The van der Waals surface area contributed by atoms with Crippen LogP contribution in [0.3, 0.4) is 0 Å². The summed E-state index contributed by atoms with van der Waals surface area (Å²) < 4.78 is 18.1. The molecule has 5 nitrogen and oxygen atoms in total. The van der Waals surface area contributed by atoms with E-state index in [1.165, 1.54) is 12.3 Å². The van der Waals surface area contributed by atoms with E-state index in [1.54, 1.807) is 6.07 Å². The SMILES string of the molecule is CC(c1ccc(F)cn1)N(C)C1COCC1C(=O)O. The van der Waals surface area contributed by atoms with Crippen LogP contribution in [0.15, 0.2) is 18.3 Å². The summed E-state index contributed by atoms with van der Waals surface area (Å²) in [6, 6.07) is 2.67. The predicted octanol–water partition coefficient (Wildman–Crippen LogP) is 1.31. The van der Waals surface area contributed by atoms with Crippen LogP contribution in [0.5, 0.6) is 0 Å². The van der Waals surface area contributed by atoms with Crippen molar-refractivity contribution in [2.45, 2.75) is 19.0 Å². The fourth-order valence-corrected chi connectivity index (χ4v) is 2.31. The molecule has 0 amide bonds. The van der Waals surface area contributed by atoms with E-state index in [0.717, 1.165) is 0 Å². The fraction of sp³-hybridized carbons (Fsp3) is 0.538. The Labute approximate surface area is 111 Å². The van der Waals surface area contributed by atoms with Gasteiger partial charge in [0.15, 0.2) is 0 Å². The smallest absolute Gasteiger partial charge is 0.310 e. The summed E-state index contributed by atoms with van der Waals surface area (Å²) in [6.45, 7) is 2.53. The van der Waals surface area contributed by atoms with E-state index in [0.29, 0.717) is 12.3 Å². The van der Waals surface area contributed by atoms with Gasteiger partial charge in [-0.05, 0) is 26.1 Å². The second-order valence-corrected chi connectivity index (χ2v) is 4.79. The summed E-state index contributed by atoms with van der Waals surface area (Å²) in [5.74, 6) is -1.77. The number of rotatable bonds is 4. The molecule has 0 spiro atoms. The maximum atomic E-state index is 12.8. The van der Waals surface area contributed by atoms with E-state index in [4.69, 9.17) is 9.84 Å². The third kappa shape index (κ3) is 2.90. The predicted molar refractivity (Wildman–Crippen MR) is 66.1 cm³/mol. The molecule has 1 fully saturated rings.